The van der Waals surface area contributed by atoms with E-state index in [1.54, 1.807) is 11.1 Å². The summed E-state index contributed by atoms with van der Waals surface area (Å²) < 4.78 is 0. The molecule has 1 nitrogen and oxygen atoms in total. The third-order valence-corrected chi connectivity index (χ3v) is 4.19. The van der Waals surface area contributed by atoms with Crippen LogP contribution < -0.4 is 5.32 Å². The zero-order chi connectivity index (χ0) is 11.0. The summed E-state index contributed by atoms with van der Waals surface area (Å²) in [5.74, 6) is 0.852. The van der Waals surface area contributed by atoms with E-state index in [2.05, 4.69) is 30.4 Å². The SMILES string of the molecule is C[C@H]1CC[C@H](c2ccc3c(c2)CCC3)NC1. The van der Waals surface area contributed by atoms with E-state index in [9.17, 15) is 0 Å². The van der Waals surface area contributed by atoms with Crippen molar-refractivity contribution in [2.24, 2.45) is 5.92 Å². The van der Waals surface area contributed by atoms with Crippen LogP contribution >= 0.6 is 0 Å². The van der Waals surface area contributed by atoms with Gasteiger partial charge in [-0.25, -0.2) is 0 Å². The lowest BCUT2D eigenvalue weighted by Crippen LogP contribution is -2.31. The minimum Gasteiger partial charge on any atom is -0.310 e. The molecule has 0 spiro atoms. The molecular weight excluding hydrogens is 194 g/mol. The quantitative estimate of drug-likeness (QED) is 0.758. The highest BCUT2D eigenvalue weighted by molar-refractivity contribution is 5.36. The number of hydrogen-bond acceptors (Lipinski definition) is 1. The molecule has 86 valence electrons. The van der Waals surface area contributed by atoms with E-state index in [-0.39, 0.29) is 0 Å². The maximum atomic E-state index is 3.68. The Morgan fingerprint density at radius 2 is 2.00 bits per heavy atom. The summed E-state index contributed by atoms with van der Waals surface area (Å²) in [4.78, 5) is 0. The molecule has 2 atom stereocenters. The molecule has 1 N–H and O–H groups in total. The first-order chi connectivity index (χ1) is 7.83. The molecule has 1 heterocycles. The van der Waals surface area contributed by atoms with E-state index < -0.39 is 0 Å². The molecular formula is C15H21N. The van der Waals surface area contributed by atoms with Gasteiger partial charge in [-0.05, 0) is 61.3 Å². The van der Waals surface area contributed by atoms with Crippen molar-refractivity contribution < 1.29 is 0 Å². The molecule has 2 aliphatic rings. The third-order valence-electron chi connectivity index (χ3n) is 4.19. The second-order valence-electron chi connectivity index (χ2n) is 5.53. The van der Waals surface area contributed by atoms with Crippen LogP contribution in [0.3, 0.4) is 0 Å². The average Bonchev–Trinajstić information content (AvgIpc) is 2.77. The van der Waals surface area contributed by atoms with Crippen molar-refractivity contribution in [3.8, 4) is 0 Å². The molecule has 0 amide bonds. The second kappa shape index (κ2) is 4.21. The topological polar surface area (TPSA) is 12.0 Å². The van der Waals surface area contributed by atoms with E-state index in [0.29, 0.717) is 6.04 Å². The summed E-state index contributed by atoms with van der Waals surface area (Å²) in [6.45, 7) is 3.52. The Kier molecular flexibility index (Phi) is 2.72. The first-order valence-corrected chi connectivity index (χ1v) is 6.68. The summed E-state index contributed by atoms with van der Waals surface area (Å²) in [6, 6.07) is 7.77. The molecule has 3 rings (SSSR count). The Balaban J connectivity index is 1.79. The minimum absolute atomic E-state index is 0.613. The van der Waals surface area contributed by atoms with E-state index in [1.807, 2.05) is 0 Å². The Labute approximate surface area is 98.3 Å². The molecule has 0 unspecified atom stereocenters. The van der Waals surface area contributed by atoms with Crippen molar-refractivity contribution in [2.75, 3.05) is 6.54 Å². The van der Waals surface area contributed by atoms with Crippen molar-refractivity contribution in [3.63, 3.8) is 0 Å². The van der Waals surface area contributed by atoms with Gasteiger partial charge in [0.15, 0.2) is 0 Å². The van der Waals surface area contributed by atoms with Crippen LogP contribution in [0.1, 0.15) is 48.9 Å². The fraction of sp³-hybridized carbons (Fsp3) is 0.600. The lowest BCUT2D eigenvalue weighted by Gasteiger charge is -2.28. The van der Waals surface area contributed by atoms with Crippen LogP contribution in [0.25, 0.3) is 0 Å². The van der Waals surface area contributed by atoms with E-state index in [4.69, 9.17) is 0 Å². The van der Waals surface area contributed by atoms with Crippen molar-refractivity contribution in [1.29, 1.82) is 0 Å². The number of nitrogens with one attached hydrogen (secondary N) is 1. The van der Waals surface area contributed by atoms with Gasteiger partial charge in [0.1, 0.15) is 0 Å². The molecule has 0 radical (unpaired) electrons. The van der Waals surface area contributed by atoms with Gasteiger partial charge < -0.3 is 5.32 Å². The monoisotopic (exact) mass is 215 g/mol. The second-order valence-corrected chi connectivity index (χ2v) is 5.53. The summed E-state index contributed by atoms with van der Waals surface area (Å²) in [7, 11) is 0. The summed E-state index contributed by atoms with van der Waals surface area (Å²) in [5.41, 5.74) is 4.72. The van der Waals surface area contributed by atoms with E-state index in [0.717, 1.165) is 5.92 Å². The van der Waals surface area contributed by atoms with Gasteiger partial charge in [-0.1, -0.05) is 25.1 Å². The molecule has 1 aromatic rings. The number of hydrogen-bond donors (Lipinski definition) is 1. The first-order valence-electron chi connectivity index (χ1n) is 6.68. The predicted octanol–water partition coefficient (Wildman–Crippen LogP) is 3.24. The zero-order valence-corrected chi connectivity index (χ0v) is 10.1. The van der Waals surface area contributed by atoms with E-state index >= 15 is 0 Å². The largest absolute Gasteiger partial charge is 0.310 e. The van der Waals surface area contributed by atoms with Gasteiger partial charge in [0.2, 0.25) is 0 Å². The standard InChI is InChI=1S/C15H21N/c1-11-5-8-15(16-10-11)14-7-6-12-3-2-4-13(12)9-14/h6-7,9,11,15-16H,2-5,8,10H2,1H3/t11-,15+/m0/s1. The molecule has 1 aliphatic heterocycles. The van der Waals surface area contributed by atoms with Gasteiger partial charge in [-0.2, -0.15) is 0 Å². The summed E-state index contributed by atoms with van der Waals surface area (Å²) >= 11 is 0. The predicted molar refractivity (Wildman–Crippen MR) is 67.6 cm³/mol. The fourth-order valence-electron chi connectivity index (χ4n) is 3.09. The zero-order valence-electron chi connectivity index (χ0n) is 10.1. The molecule has 1 aliphatic carbocycles. The third kappa shape index (κ3) is 1.89. The van der Waals surface area contributed by atoms with Crippen LogP contribution in [0.4, 0.5) is 0 Å². The Bertz CT molecular complexity index is 375. The van der Waals surface area contributed by atoms with Crippen molar-refractivity contribution in [1.82, 2.24) is 5.32 Å². The maximum Gasteiger partial charge on any atom is 0.0320 e. The number of fused-ring (bicyclic) bond motifs is 1. The highest BCUT2D eigenvalue weighted by atomic mass is 14.9. The highest BCUT2D eigenvalue weighted by Crippen LogP contribution is 2.29. The molecule has 1 aromatic carbocycles. The van der Waals surface area contributed by atoms with Crippen molar-refractivity contribution in [2.45, 2.75) is 45.1 Å². The minimum atomic E-state index is 0.613. The smallest absolute Gasteiger partial charge is 0.0320 e. The van der Waals surface area contributed by atoms with Gasteiger partial charge in [-0.15, -0.1) is 0 Å². The van der Waals surface area contributed by atoms with E-state index in [1.165, 1.54) is 44.2 Å². The number of piperidine rings is 1. The van der Waals surface area contributed by atoms with Crippen LogP contribution in [-0.4, -0.2) is 6.54 Å². The lowest BCUT2D eigenvalue weighted by molar-refractivity contribution is 0.333. The first kappa shape index (κ1) is 10.3. The Morgan fingerprint density at radius 3 is 2.81 bits per heavy atom. The Hall–Kier alpha value is -0.820. The highest BCUT2D eigenvalue weighted by Gasteiger charge is 2.20. The lowest BCUT2D eigenvalue weighted by atomic mass is 9.91. The van der Waals surface area contributed by atoms with Crippen LogP contribution in [-0.2, 0) is 12.8 Å². The van der Waals surface area contributed by atoms with Crippen molar-refractivity contribution >= 4 is 0 Å². The molecule has 1 saturated heterocycles. The van der Waals surface area contributed by atoms with Gasteiger partial charge in [0.05, 0.1) is 0 Å². The Morgan fingerprint density at radius 1 is 1.12 bits per heavy atom. The molecule has 0 bridgehead atoms. The molecule has 16 heavy (non-hydrogen) atoms. The molecule has 0 aromatic heterocycles. The molecule has 1 heteroatoms. The number of benzene rings is 1. The average molecular weight is 215 g/mol. The fourth-order valence-corrected chi connectivity index (χ4v) is 3.09. The van der Waals surface area contributed by atoms with Gasteiger partial charge >= 0.3 is 0 Å². The molecule has 1 fully saturated rings. The summed E-state index contributed by atoms with van der Waals surface area (Å²) in [6.07, 6.45) is 6.62. The molecule has 0 saturated carbocycles. The van der Waals surface area contributed by atoms with Crippen LogP contribution in [0, 0.1) is 5.92 Å². The number of aryl methyl sites for hydroxylation is 2. The number of rotatable bonds is 1. The van der Waals surface area contributed by atoms with Crippen LogP contribution in [0.5, 0.6) is 0 Å². The van der Waals surface area contributed by atoms with Gasteiger partial charge in [0.25, 0.3) is 0 Å². The summed E-state index contributed by atoms with van der Waals surface area (Å²) in [5, 5.41) is 3.68. The normalized spacial score (nSPS) is 29.1. The van der Waals surface area contributed by atoms with Gasteiger partial charge in [-0.3, -0.25) is 0 Å². The maximum absolute atomic E-state index is 3.68. The van der Waals surface area contributed by atoms with Crippen LogP contribution in [0.15, 0.2) is 18.2 Å². The van der Waals surface area contributed by atoms with Crippen molar-refractivity contribution in [3.05, 3.63) is 34.9 Å². The van der Waals surface area contributed by atoms with Gasteiger partial charge in [0, 0.05) is 6.04 Å². The van der Waals surface area contributed by atoms with Crippen LogP contribution in [0.2, 0.25) is 0 Å².